The van der Waals surface area contributed by atoms with Gasteiger partial charge in [0, 0.05) is 12.3 Å². The summed E-state index contributed by atoms with van der Waals surface area (Å²) in [5.74, 6) is -0.469. The third-order valence-electron chi connectivity index (χ3n) is 4.99. The number of carbonyl (C=O) groups is 2. The molecule has 5 nitrogen and oxygen atoms in total. The Kier molecular flexibility index (Phi) is 5.45. The maximum atomic E-state index is 12.4. The van der Waals surface area contributed by atoms with E-state index in [0.717, 1.165) is 30.5 Å². The van der Waals surface area contributed by atoms with Gasteiger partial charge in [0.05, 0.1) is 16.9 Å². The van der Waals surface area contributed by atoms with Crippen LogP contribution in [-0.4, -0.2) is 16.9 Å². The fraction of sp³-hybridized carbons (Fsp3) is 0.261. The number of carbonyl (C=O) groups excluding carboxylic acids is 2. The van der Waals surface area contributed by atoms with Gasteiger partial charge in [-0.05, 0) is 67.1 Å². The minimum atomic E-state index is -0.351. The standard InChI is InChI=1S/C23H22N2O3S/c1-15-5-3-8-21(11-15)25(16(2)26)23-24-20(14-29-23)13-28-22(27)19-10-9-17-6-4-7-18(17)12-19/h3,5,8-12,14H,4,6-7,13H2,1-2H3. The van der Waals surface area contributed by atoms with Crippen molar-refractivity contribution < 1.29 is 14.3 Å². The molecule has 1 aromatic heterocycles. The first kappa shape index (κ1) is 19.3. The van der Waals surface area contributed by atoms with E-state index < -0.39 is 0 Å². The van der Waals surface area contributed by atoms with Crippen molar-refractivity contribution in [1.29, 1.82) is 0 Å². The van der Waals surface area contributed by atoms with E-state index in [2.05, 4.69) is 4.98 Å². The van der Waals surface area contributed by atoms with Crippen LogP contribution in [-0.2, 0) is 29.0 Å². The molecule has 3 aromatic rings. The van der Waals surface area contributed by atoms with Gasteiger partial charge in [-0.25, -0.2) is 9.78 Å². The van der Waals surface area contributed by atoms with Crippen LogP contribution in [0.1, 0.15) is 46.1 Å². The molecule has 0 radical (unpaired) electrons. The van der Waals surface area contributed by atoms with Crippen LogP contribution in [0.5, 0.6) is 0 Å². The molecule has 0 N–H and O–H groups in total. The Balaban J connectivity index is 1.46. The molecule has 1 aliphatic carbocycles. The van der Waals surface area contributed by atoms with E-state index in [-0.39, 0.29) is 18.5 Å². The topological polar surface area (TPSA) is 59.5 Å². The van der Waals surface area contributed by atoms with Crippen LogP contribution in [0.3, 0.4) is 0 Å². The Morgan fingerprint density at radius 1 is 1.14 bits per heavy atom. The number of anilines is 2. The smallest absolute Gasteiger partial charge is 0.338 e. The van der Waals surface area contributed by atoms with Gasteiger partial charge in [0.15, 0.2) is 5.13 Å². The van der Waals surface area contributed by atoms with Gasteiger partial charge in [-0.3, -0.25) is 9.69 Å². The number of amides is 1. The summed E-state index contributed by atoms with van der Waals surface area (Å²) in [5.41, 5.74) is 5.60. The second kappa shape index (κ2) is 8.17. The molecular weight excluding hydrogens is 384 g/mol. The van der Waals surface area contributed by atoms with Crippen molar-refractivity contribution in [1.82, 2.24) is 4.98 Å². The zero-order valence-electron chi connectivity index (χ0n) is 16.5. The summed E-state index contributed by atoms with van der Waals surface area (Å²) in [6.07, 6.45) is 3.24. The van der Waals surface area contributed by atoms with Gasteiger partial charge in [0.25, 0.3) is 0 Å². The molecule has 0 aliphatic heterocycles. The molecule has 1 aliphatic rings. The second-order valence-electron chi connectivity index (χ2n) is 7.23. The predicted molar refractivity (Wildman–Crippen MR) is 114 cm³/mol. The van der Waals surface area contributed by atoms with Gasteiger partial charge < -0.3 is 4.74 Å². The molecule has 0 atom stereocenters. The lowest BCUT2D eigenvalue weighted by Gasteiger charge is -2.18. The minimum Gasteiger partial charge on any atom is -0.456 e. The molecule has 1 heterocycles. The average Bonchev–Trinajstić information content (AvgIpc) is 3.35. The highest BCUT2D eigenvalue weighted by atomic mass is 32.1. The molecule has 2 aromatic carbocycles. The fourth-order valence-corrected chi connectivity index (χ4v) is 4.45. The quantitative estimate of drug-likeness (QED) is 0.561. The summed E-state index contributed by atoms with van der Waals surface area (Å²) >= 11 is 1.35. The summed E-state index contributed by atoms with van der Waals surface area (Å²) in [7, 11) is 0. The lowest BCUT2D eigenvalue weighted by atomic mass is 10.1. The Bertz CT molecular complexity index is 1070. The third-order valence-corrected chi connectivity index (χ3v) is 5.87. The predicted octanol–water partition coefficient (Wildman–Crippen LogP) is 4.98. The molecule has 0 saturated carbocycles. The third kappa shape index (κ3) is 4.22. The first-order chi connectivity index (χ1) is 14.0. The molecule has 0 bridgehead atoms. The maximum Gasteiger partial charge on any atom is 0.338 e. The van der Waals surface area contributed by atoms with Crippen LogP contribution in [0.25, 0.3) is 0 Å². The van der Waals surface area contributed by atoms with Crippen LogP contribution in [0, 0.1) is 6.92 Å². The van der Waals surface area contributed by atoms with Crippen LogP contribution in [0.2, 0.25) is 0 Å². The van der Waals surface area contributed by atoms with Crippen molar-refractivity contribution in [3.05, 3.63) is 75.8 Å². The number of hydrogen-bond donors (Lipinski definition) is 0. The highest BCUT2D eigenvalue weighted by Gasteiger charge is 2.19. The van der Waals surface area contributed by atoms with Gasteiger partial charge in [-0.2, -0.15) is 0 Å². The molecule has 6 heteroatoms. The van der Waals surface area contributed by atoms with Crippen LogP contribution >= 0.6 is 11.3 Å². The minimum absolute atomic E-state index is 0.0754. The van der Waals surface area contributed by atoms with Crippen LogP contribution < -0.4 is 4.90 Å². The van der Waals surface area contributed by atoms with Crippen LogP contribution in [0.4, 0.5) is 10.8 Å². The number of benzene rings is 2. The number of aromatic nitrogens is 1. The summed E-state index contributed by atoms with van der Waals surface area (Å²) in [4.78, 5) is 30.7. The van der Waals surface area contributed by atoms with Crippen molar-refractivity contribution >= 4 is 34.0 Å². The summed E-state index contributed by atoms with van der Waals surface area (Å²) in [6.45, 7) is 3.57. The Morgan fingerprint density at radius 3 is 2.76 bits per heavy atom. The molecule has 4 rings (SSSR count). The highest BCUT2D eigenvalue weighted by molar-refractivity contribution is 7.14. The molecule has 148 valence electrons. The van der Waals surface area contributed by atoms with E-state index >= 15 is 0 Å². The molecule has 0 unspecified atom stereocenters. The summed E-state index contributed by atoms with van der Waals surface area (Å²) in [6, 6.07) is 13.5. The van der Waals surface area contributed by atoms with E-state index in [1.165, 1.54) is 29.4 Å². The summed E-state index contributed by atoms with van der Waals surface area (Å²) in [5, 5.41) is 2.38. The Morgan fingerprint density at radius 2 is 1.97 bits per heavy atom. The number of hydrogen-bond acceptors (Lipinski definition) is 5. The molecule has 0 spiro atoms. The van der Waals surface area contributed by atoms with Gasteiger partial charge in [0.1, 0.15) is 6.61 Å². The van der Waals surface area contributed by atoms with E-state index in [1.807, 2.05) is 54.8 Å². The SMILES string of the molecule is CC(=O)N(c1cccc(C)c1)c1nc(COC(=O)c2ccc3c(c2)CCC3)cs1. The molecule has 29 heavy (non-hydrogen) atoms. The number of fused-ring (bicyclic) bond motifs is 1. The average molecular weight is 407 g/mol. The number of aryl methyl sites for hydroxylation is 3. The van der Waals surface area contributed by atoms with E-state index in [0.29, 0.717) is 16.4 Å². The lowest BCUT2D eigenvalue weighted by molar-refractivity contribution is -0.115. The first-order valence-electron chi connectivity index (χ1n) is 9.62. The number of ether oxygens (including phenoxy) is 1. The van der Waals surface area contributed by atoms with Gasteiger partial charge in [0.2, 0.25) is 5.91 Å². The number of rotatable bonds is 5. The zero-order valence-corrected chi connectivity index (χ0v) is 17.3. The van der Waals surface area contributed by atoms with E-state index in [9.17, 15) is 9.59 Å². The van der Waals surface area contributed by atoms with Gasteiger partial charge in [-0.15, -0.1) is 11.3 Å². The van der Waals surface area contributed by atoms with Gasteiger partial charge in [-0.1, -0.05) is 18.2 Å². The first-order valence-corrected chi connectivity index (χ1v) is 10.5. The lowest BCUT2D eigenvalue weighted by Crippen LogP contribution is -2.22. The van der Waals surface area contributed by atoms with E-state index in [1.54, 1.807) is 4.90 Å². The zero-order chi connectivity index (χ0) is 20.4. The maximum absolute atomic E-state index is 12.4. The number of thiazole rings is 1. The monoisotopic (exact) mass is 406 g/mol. The molecule has 0 fully saturated rings. The molecule has 0 saturated heterocycles. The fourth-order valence-electron chi connectivity index (χ4n) is 3.58. The van der Waals surface area contributed by atoms with Gasteiger partial charge >= 0.3 is 5.97 Å². The highest BCUT2D eigenvalue weighted by Crippen LogP contribution is 2.30. The van der Waals surface area contributed by atoms with Crippen LogP contribution in [0.15, 0.2) is 47.8 Å². The Hall–Kier alpha value is -2.99. The van der Waals surface area contributed by atoms with Crippen molar-refractivity contribution in [2.45, 2.75) is 39.7 Å². The molecular formula is C23H22N2O3S. The molecule has 1 amide bonds. The summed E-state index contributed by atoms with van der Waals surface area (Å²) < 4.78 is 5.45. The number of esters is 1. The largest absolute Gasteiger partial charge is 0.456 e. The van der Waals surface area contributed by atoms with Crippen molar-refractivity contribution in [3.8, 4) is 0 Å². The number of nitrogens with zero attached hydrogens (tertiary/aromatic N) is 2. The normalized spacial score (nSPS) is 12.5. The Labute approximate surface area is 174 Å². The van der Waals surface area contributed by atoms with Crippen molar-refractivity contribution in [2.24, 2.45) is 0 Å². The van der Waals surface area contributed by atoms with Crippen molar-refractivity contribution in [3.63, 3.8) is 0 Å². The second-order valence-corrected chi connectivity index (χ2v) is 8.06. The van der Waals surface area contributed by atoms with E-state index in [4.69, 9.17) is 4.74 Å². The van der Waals surface area contributed by atoms with Crippen molar-refractivity contribution in [2.75, 3.05) is 4.90 Å².